The lowest BCUT2D eigenvalue weighted by Gasteiger charge is -2.36. The summed E-state index contributed by atoms with van der Waals surface area (Å²) < 4.78 is 67.3. The number of rotatable bonds is 5. The number of fused-ring (bicyclic) bond motifs is 1. The van der Waals surface area contributed by atoms with E-state index in [0.717, 1.165) is 12.3 Å². The maximum absolute atomic E-state index is 13.4. The molecule has 13 heteroatoms. The molecule has 0 radical (unpaired) electrons. The number of anilines is 1. The molecule has 5 rings (SSSR count). The van der Waals surface area contributed by atoms with Gasteiger partial charge in [0.25, 0.3) is 18.8 Å². The highest BCUT2D eigenvalue weighted by atomic mass is 35.5. The summed E-state index contributed by atoms with van der Waals surface area (Å²) >= 11 is 6.15. The second-order valence-corrected chi connectivity index (χ2v) is 9.74. The fourth-order valence-electron chi connectivity index (χ4n) is 5.23. The lowest BCUT2D eigenvalue weighted by atomic mass is 9.71. The van der Waals surface area contributed by atoms with E-state index in [0.29, 0.717) is 54.9 Å². The Morgan fingerprint density at radius 3 is 2.49 bits per heavy atom. The van der Waals surface area contributed by atoms with E-state index >= 15 is 0 Å². The Labute approximate surface area is 212 Å². The number of halogens is 6. The molecule has 2 aliphatic rings. The quantitative estimate of drug-likeness (QED) is 0.433. The molecule has 1 saturated heterocycles. The Hall–Kier alpha value is -3.28. The van der Waals surface area contributed by atoms with E-state index in [1.165, 1.54) is 12.1 Å². The zero-order valence-electron chi connectivity index (χ0n) is 19.2. The third-order valence-corrected chi connectivity index (χ3v) is 7.50. The number of carbonyl (C=O) groups excluding carboxylic acids is 2. The topological polar surface area (TPSA) is 79.6 Å². The standard InChI is InChI=1S/C24H21ClF5N5O2/c25-15-9-12(26)1-2-17(15)34-8-7-24(23(34)37)5-3-13(4-6-24)32-22(36)14-11-31-35-18(20(29)30)10-16(19(27)28)33-21(14)35/h1-2,9-11,13,19-20H,3-8H2,(H,32,36). The largest absolute Gasteiger partial charge is 0.349 e. The minimum absolute atomic E-state index is 0.100. The van der Waals surface area contributed by atoms with Crippen molar-refractivity contribution in [3.05, 3.63) is 58.3 Å². The highest BCUT2D eigenvalue weighted by Crippen LogP contribution is 2.47. The Morgan fingerprint density at radius 2 is 1.84 bits per heavy atom. The molecule has 2 fully saturated rings. The molecule has 3 heterocycles. The van der Waals surface area contributed by atoms with Gasteiger partial charge in [0.2, 0.25) is 5.91 Å². The average Bonchev–Trinajstić information content (AvgIpc) is 3.42. The van der Waals surface area contributed by atoms with Crippen molar-refractivity contribution in [2.45, 2.75) is 51.0 Å². The molecule has 1 spiro atoms. The number of aromatic nitrogens is 3. The van der Waals surface area contributed by atoms with Gasteiger partial charge in [0.15, 0.2) is 5.65 Å². The summed E-state index contributed by atoms with van der Waals surface area (Å²) in [5.74, 6) is -1.27. The van der Waals surface area contributed by atoms with Gasteiger partial charge in [-0.1, -0.05) is 11.6 Å². The molecule has 3 aromatic rings. The number of hydrogen-bond acceptors (Lipinski definition) is 4. The molecule has 0 unspecified atom stereocenters. The number of hydrogen-bond donors (Lipinski definition) is 1. The first kappa shape index (κ1) is 25.4. The number of alkyl halides is 4. The van der Waals surface area contributed by atoms with Crippen LogP contribution in [0.2, 0.25) is 5.02 Å². The lowest BCUT2D eigenvalue weighted by Crippen LogP contribution is -2.44. The summed E-state index contributed by atoms with van der Waals surface area (Å²) in [5.41, 5.74) is -2.41. The number of amides is 2. The summed E-state index contributed by atoms with van der Waals surface area (Å²) in [6.45, 7) is 0.439. The van der Waals surface area contributed by atoms with E-state index in [9.17, 15) is 31.5 Å². The normalized spacial score (nSPS) is 22.1. The highest BCUT2D eigenvalue weighted by molar-refractivity contribution is 6.34. The van der Waals surface area contributed by atoms with Crippen molar-refractivity contribution < 1.29 is 31.5 Å². The smallest absolute Gasteiger partial charge is 0.280 e. The van der Waals surface area contributed by atoms with Crippen LogP contribution in [0, 0.1) is 11.2 Å². The molecule has 196 valence electrons. The second-order valence-electron chi connectivity index (χ2n) is 9.33. The van der Waals surface area contributed by atoms with Crippen LogP contribution in [0.15, 0.2) is 30.5 Å². The second kappa shape index (κ2) is 9.55. The molecule has 2 amide bonds. The van der Waals surface area contributed by atoms with Gasteiger partial charge in [0, 0.05) is 12.6 Å². The minimum Gasteiger partial charge on any atom is -0.349 e. The van der Waals surface area contributed by atoms with Crippen molar-refractivity contribution in [2.24, 2.45) is 5.41 Å². The minimum atomic E-state index is -3.10. The van der Waals surface area contributed by atoms with Gasteiger partial charge >= 0.3 is 0 Å². The number of carbonyl (C=O) groups is 2. The monoisotopic (exact) mass is 541 g/mol. The van der Waals surface area contributed by atoms with Crippen LogP contribution >= 0.6 is 11.6 Å². The summed E-state index contributed by atoms with van der Waals surface area (Å²) in [7, 11) is 0. The summed E-state index contributed by atoms with van der Waals surface area (Å²) in [4.78, 5) is 31.5. The van der Waals surface area contributed by atoms with Gasteiger partial charge in [-0.25, -0.2) is 31.5 Å². The van der Waals surface area contributed by atoms with Crippen molar-refractivity contribution in [3.63, 3.8) is 0 Å². The van der Waals surface area contributed by atoms with Gasteiger partial charge in [-0.05, 0) is 56.4 Å². The predicted octanol–water partition coefficient (Wildman–Crippen LogP) is 5.49. The van der Waals surface area contributed by atoms with Crippen LogP contribution in [-0.2, 0) is 4.79 Å². The molecule has 2 aromatic heterocycles. The number of nitrogens with one attached hydrogen (secondary N) is 1. The van der Waals surface area contributed by atoms with Gasteiger partial charge in [0.1, 0.15) is 22.8 Å². The first-order valence-electron chi connectivity index (χ1n) is 11.6. The van der Waals surface area contributed by atoms with E-state index in [1.807, 2.05) is 0 Å². The van der Waals surface area contributed by atoms with Crippen LogP contribution in [0.4, 0.5) is 27.6 Å². The Balaban J connectivity index is 1.29. The molecule has 1 aliphatic heterocycles. The maximum Gasteiger partial charge on any atom is 0.280 e. The molecule has 1 aromatic carbocycles. The number of nitrogens with zero attached hydrogens (tertiary/aromatic N) is 4. The van der Waals surface area contributed by atoms with Crippen molar-refractivity contribution in [1.82, 2.24) is 19.9 Å². The van der Waals surface area contributed by atoms with E-state index < -0.39 is 41.4 Å². The molecule has 1 aliphatic carbocycles. The van der Waals surface area contributed by atoms with Gasteiger partial charge < -0.3 is 10.2 Å². The van der Waals surface area contributed by atoms with E-state index in [1.54, 1.807) is 4.90 Å². The van der Waals surface area contributed by atoms with Crippen LogP contribution in [-0.4, -0.2) is 39.0 Å². The molecule has 0 bridgehead atoms. The molecular weight excluding hydrogens is 521 g/mol. The van der Waals surface area contributed by atoms with Crippen molar-refractivity contribution in [3.8, 4) is 0 Å². The van der Waals surface area contributed by atoms with Crippen molar-refractivity contribution in [1.29, 1.82) is 0 Å². The Kier molecular flexibility index (Phi) is 6.55. The van der Waals surface area contributed by atoms with Crippen LogP contribution in [0.1, 0.15) is 66.7 Å². The van der Waals surface area contributed by atoms with E-state index in [2.05, 4.69) is 15.4 Å². The first-order chi connectivity index (χ1) is 17.6. The maximum atomic E-state index is 13.4. The van der Waals surface area contributed by atoms with Crippen LogP contribution < -0.4 is 10.2 Å². The van der Waals surface area contributed by atoms with Gasteiger partial charge in [-0.3, -0.25) is 9.59 Å². The van der Waals surface area contributed by atoms with Gasteiger partial charge in [-0.2, -0.15) is 5.10 Å². The zero-order valence-corrected chi connectivity index (χ0v) is 20.0. The fraction of sp³-hybridized carbons (Fsp3) is 0.417. The molecular formula is C24H21ClF5N5O2. The van der Waals surface area contributed by atoms with Crippen LogP contribution in [0.25, 0.3) is 5.65 Å². The van der Waals surface area contributed by atoms with Crippen molar-refractivity contribution in [2.75, 3.05) is 11.4 Å². The first-order valence-corrected chi connectivity index (χ1v) is 12.0. The lowest BCUT2D eigenvalue weighted by molar-refractivity contribution is -0.127. The van der Waals surface area contributed by atoms with Gasteiger partial charge in [-0.15, -0.1) is 0 Å². The third kappa shape index (κ3) is 4.51. The Morgan fingerprint density at radius 1 is 1.11 bits per heavy atom. The molecule has 0 atom stereocenters. The Bertz CT molecular complexity index is 1370. The van der Waals surface area contributed by atoms with Crippen molar-refractivity contribution >= 4 is 34.7 Å². The molecule has 7 nitrogen and oxygen atoms in total. The van der Waals surface area contributed by atoms with E-state index in [4.69, 9.17) is 11.6 Å². The van der Waals surface area contributed by atoms with E-state index in [-0.39, 0.29) is 28.2 Å². The van der Waals surface area contributed by atoms with Crippen LogP contribution in [0.5, 0.6) is 0 Å². The summed E-state index contributed by atoms with van der Waals surface area (Å²) in [6, 6.07) is 4.13. The highest BCUT2D eigenvalue weighted by Gasteiger charge is 2.49. The summed E-state index contributed by atoms with van der Waals surface area (Å²) in [6.07, 6.45) is -2.66. The third-order valence-electron chi connectivity index (χ3n) is 7.20. The number of benzene rings is 1. The average molecular weight is 542 g/mol. The molecule has 37 heavy (non-hydrogen) atoms. The summed E-state index contributed by atoms with van der Waals surface area (Å²) in [5, 5.41) is 6.70. The van der Waals surface area contributed by atoms with Crippen LogP contribution in [0.3, 0.4) is 0 Å². The van der Waals surface area contributed by atoms with Gasteiger partial charge in [0.05, 0.1) is 22.3 Å². The fourth-order valence-corrected chi connectivity index (χ4v) is 5.49. The zero-order chi connectivity index (χ0) is 26.5. The predicted molar refractivity (Wildman–Crippen MR) is 123 cm³/mol. The molecule has 1 N–H and O–H groups in total. The SMILES string of the molecule is O=C(NC1CCC2(CC1)CCN(c1ccc(F)cc1Cl)C2=O)c1cnn2c(C(F)F)cc(C(F)F)nc12. The molecule has 1 saturated carbocycles.